The van der Waals surface area contributed by atoms with Gasteiger partial charge in [0.1, 0.15) is 5.82 Å². The molecule has 0 saturated carbocycles. The van der Waals surface area contributed by atoms with E-state index in [4.69, 9.17) is 9.47 Å². The molecular weight excluding hydrogens is 499 g/mol. The third kappa shape index (κ3) is 5.23. The van der Waals surface area contributed by atoms with Gasteiger partial charge in [0.05, 0.1) is 18.6 Å². The molecule has 0 unspecified atom stereocenters. The number of aromatic nitrogens is 5. The van der Waals surface area contributed by atoms with Gasteiger partial charge in [-0.1, -0.05) is 30.3 Å². The summed E-state index contributed by atoms with van der Waals surface area (Å²) < 4.78 is 26.1. The van der Waals surface area contributed by atoms with Crippen LogP contribution in [0.4, 0.5) is 4.39 Å². The van der Waals surface area contributed by atoms with Crippen LogP contribution < -0.4 is 15.0 Å². The highest BCUT2D eigenvalue weighted by atomic mass is 19.1. The predicted molar refractivity (Wildman–Crippen MR) is 143 cm³/mol. The third-order valence-electron chi connectivity index (χ3n) is 6.97. The minimum absolute atomic E-state index is 0.127. The fourth-order valence-electron chi connectivity index (χ4n) is 4.86. The van der Waals surface area contributed by atoms with Crippen LogP contribution >= 0.6 is 0 Å². The molecule has 0 amide bonds. The number of benzene rings is 3. The molecule has 39 heavy (non-hydrogen) atoms. The smallest absolute Gasteiger partial charge is 0.252 e. The average Bonchev–Trinajstić information content (AvgIpc) is 3.57. The molecule has 1 N–H and O–H groups in total. The van der Waals surface area contributed by atoms with Gasteiger partial charge in [0, 0.05) is 24.0 Å². The van der Waals surface area contributed by atoms with Crippen molar-refractivity contribution in [1.29, 1.82) is 0 Å². The largest absolute Gasteiger partial charge is 0.454 e. The Bertz CT molecular complexity index is 1710. The Morgan fingerprint density at radius 2 is 1.69 bits per heavy atom. The number of halogens is 1. The Balaban J connectivity index is 1.32. The third-order valence-corrected chi connectivity index (χ3v) is 6.97. The van der Waals surface area contributed by atoms with Crippen molar-refractivity contribution in [3.05, 3.63) is 110 Å². The van der Waals surface area contributed by atoms with Crippen LogP contribution in [-0.4, -0.2) is 36.9 Å². The van der Waals surface area contributed by atoms with Crippen molar-refractivity contribution in [2.45, 2.75) is 40.0 Å². The van der Waals surface area contributed by atoms with Gasteiger partial charge in [-0.2, -0.15) is 0 Å². The second-order valence-electron chi connectivity index (χ2n) is 9.82. The van der Waals surface area contributed by atoms with Crippen LogP contribution in [0.3, 0.4) is 0 Å². The number of nitrogens with zero attached hydrogens (tertiary/aromatic N) is 5. The van der Waals surface area contributed by atoms with Crippen LogP contribution in [0.25, 0.3) is 10.9 Å². The normalized spacial score (nSPS) is 12.5. The molecule has 0 aliphatic carbocycles. The van der Waals surface area contributed by atoms with Crippen molar-refractivity contribution >= 4 is 10.9 Å². The second kappa shape index (κ2) is 10.3. The van der Waals surface area contributed by atoms with Gasteiger partial charge >= 0.3 is 0 Å². The molecular formula is C29H27FN6O3. The monoisotopic (exact) mass is 526 g/mol. The van der Waals surface area contributed by atoms with Crippen molar-refractivity contribution in [1.82, 2.24) is 30.1 Å². The summed E-state index contributed by atoms with van der Waals surface area (Å²) >= 11 is 0. The Morgan fingerprint density at radius 3 is 2.54 bits per heavy atom. The number of hydrogen-bond donors (Lipinski definition) is 1. The van der Waals surface area contributed by atoms with E-state index in [1.165, 1.54) is 12.1 Å². The highest BCUT2D eigenvalue weighted by Gasteiger charge is 2.19. The lowest BCUT2D eigenvalue weighted by molar-refractivity contribution is 0.174. The Hall–Kier alpha value is -4.57. The number of pyridine rings is 1. The molecule has 0 fully saturated rings. The zero-order valence-corrected chi connectivity index (χ0v) is 21.6. The van der Waals surface area contributed by atoms with E-state index in [-0.39, 0.29) is 18.2 Å². The molecule has 0 bridgehead atoms. The minimum atomic E-state index is -0.295. The van der Waals surface area contributed by atoms with Gasteiger partial charge < -0.3 is 14.5 Å². The van der Waals surface area contributed by atoms with Gasteiger partial charge in [-0.15, -0.1) is 5.10 Å². The van der Waals surface area contributed by atoms with E-state index in [0.717, 1.165) is 33.2 Å². The first-order valence-corrected chi connectivity index (χ1v) is 12.7. The summed E-state index contributed by atoms with van der Waals surface area (Å²) in [7, 11) is 0. The number of fused-ring (bicyclic) bond motifs is 2. The van der Waals surface area contributed by atoms with Crippen LogP contribution in [0.5, 0.6) is 11.5 Å². The van der Waals surface area contributed by atoms with Crippen molar-refractivity contribution in [2.24, 2.45) is 0 Å². The molecule has 6 rings (SSSR count). The first kappa shape index (κ1) is 24.7. The zero-order chi connectivity index (χ0) is 26.9. The molecule has 9 nitrogen and oxygen atoms in total. The van der Waals surface area contributed by atoms with E-state index < -0.39 is 0 Å². The topological polar surface area (TPSA) is 98.2 Å². The van der Waals surface area contributed by atoms with Crippen molar-refractivity contribution in [3.63, 3.8) is 0 Å². The average molecular weight is 527 g/mol. The lowest BCUT2D eigenvalue weighted by Gasteiger charge is -2.22. The van der Waals surface area contributed by atoms with Gasteiger partial charge in [-0.3, -0.25) is 9.69 Å². The summed E-state index contributed by atoms with van der Waals surface area (Å²) in [6.45, 7) is 5.90. The maximum absolute atomic E-state index is 13.4. The number of aromatic amines is 1. The molecule has 5 aromatic rings. The van der Waals surface area contributed by atoms with E-state index in [1.807, 2.05) is 44.2 Å². The number of tetrazole rings is 1. The lowest BCUT2D eigenvalue weighted by atomic mass is 10.0. The first-order valence-electron chi connectivity index (χ1n) is 12.7. The number of hydrogen-bond acceptors (Lipinski definition) is 7. The summed E-state index contributed by atoms with van der Waals surface area (Å²) in [5.41, 5.74) is 5.38. The molecule has 1 aliphatic heterocycles. The van der Waals surface area contributed by atoms with E-state index >= 15 is 0 Å². The summed E-state index contributed by atoms with van der Waals surface area (Å²) in [5, 5.41) is 13.3. The molecule has 10 heteroatoms. The Morgan fingerprint density at radius 1 is 0.923 bits per heavy atom. The summed E-state index contributed by atoms with van der Waals surface area (Å²) in [6.07, 6.45) is 0. The molecule has 0 spiro atoms. The van der Waals surface area contributed by atoms with Gasteiger partial charge in [0.25, 0.3) is 5.56 Å². The first-order chi connectivity index (χ1) is 18.9. The second-order valence-corrected chi connectivity index (χ2v) is 9.82. The van der Waals surface area contributed by atoms with Gasteiger partial charge in [0.2, 0.25) is 6.79 Å². The zero-order valence-electron chi connectivity index (χ0n) is 21.6. The number of H-pyrrole nitrogens is 1. The predicted octanol–water partition coefficient (Wildman–Crippen LogP) is 4.25. The Kier molecular flexibility index (Phi) is 6.54. The standard InChI is InChI=1S/C29H27FN6O3/c1-18-3-4-19(2)28-24(18)12-22(29(37)31-28)15-35(13-21-7-10-25-26(11-21)39-17-38-25)16-27-32-33-34-36(27)14-20-5-8-23(30)9-6-20/h3-12H,13-17H2,1-2H3,(H,31,37). The summed E-state index contributed by atoms with van der Waals surface area (Å²) in [6, 6.07) is 18.1. The van der Waals surface area contributed by atoms with E-state index in [9.17, 15) is 9.18 Å². The summed E-state index contributed by atoms with van der Waals surface area (Å²) in [5.74, 6) is 1.74. The van der Waals surface area contributed by atoms with Crippen molar-refractivity contribution in [2.75, 3.05) is 6.79 Å². The van der Waals surface area contributed by atoms with Crippen molar-refractivity contribution < 1.29 is 13.9 Å². The number of aryl methyl sites for hydroxylation is 2. The quantitative estimate of drug-likeness (QED) is 0.323. The molecule has 3 heterocycles. The van der Waals surface area contributed by atoms with E-state index in [2.05, 4.69) is 31.5 Å². The number of nitrogens with one attached hydrogen (secondary N) is 1. The van der Waals surface area contributed by atoms with Gasteiger partial charge in [0.15, 0.2) is 17.3 Å². The maximum atomic E-state index is 13.4. The molecule has 198 valence electrons. The van der Waals surface area contributed by atoms with Gasteiger partial charge in [-0.25, -0.2) is 9.07 Å². The maximum Gasteiger partial charge on any atom is 0.252 e. The summed E-state index contributed by atoms with van der Waals surface area (Å²) in [4.78, 5) is 18.4. The van der Waals surface area contributed by atoms with E-state index in [1.54, 1.807) is 16.8 Å². The molecule has 0 radical (unpaired) electrons. The fraction of sp³-hybridized carbons (Fsp3) is 0.241. The highest BCUT2D eigenvalue weighted by Crippen LogP contribution is 2.33. The van der Waals surface area contributed by atoms with E-state index in [0.29, 0.717) is 49.1 Å². The van der Waals surface area contributed by atoms with Crippen LogP contribution in [0.1, 0.15) is 33.6 Å². The molecule has 2 aromatic heterocycles. The molecule has 3 aromatic carbocycles. The highest BCUT2D eigenvalue weighted by molar-refractivity contribution is 5.85. The van der Waals surface area contributed by atoms with Crippen LogP contribution in [-0.2, 0) is 26.2 Å². The van der Waals surface area contributed by atoms with Crippen molar-refractivity contribution in [3.8, 4) is 11.5 Å². The number of ether oxygens (including phenoxy) is 2. The van der Waals surface area contributed by atoms with Crippen LogP contribution in [0.2, 0.25) is 0 Å². The lowest BCUT2D eigenvalue weighted by Crippen LogP contribution is -2.28. The van der Waals surface area contributed by atoms with Crippen LogP contribution in [0.15, 0.2) is 65.5 Å². The minimum Gasteiger partial charge on any atom is -0.454 e. The van der Waals surface area contributed by atoms with Gasteiger partial charge in [-0.05, 0) is 76.9 Å². The van der Waals surface area contributed by atoms with Crippen LogP contribution in [0, 0.1) is 19.7 Å². The SMILES string of the molecule is Cc1ccc(C)c2[nH]c(=O)c(CN(Cc3ccc4c(c3)OCO4)Cc3nnnn3Cc3ccc(F)cc3)cc12. The Labute approximate surface area is 223 Å². The molecule has 0 saturated heterocycles. The number of rotatable bonds is 8. The fourth-order valence-corrected chi connectivity index (χ4v) is 4.86. The molecule has 1 aliphatic rings. The molecule has 0 atom stereocenters.